The Bertz CT molecular complexity index is 1240. The van der Waals surface area contributed by atoms with Gasteiger partial charge >= 0.3 is 5.69 Å². The van der Waals surface area contributed by atoms with Gasteiger partial charge in [0.25, 0.3) is 0 Å². The van der Waals surface area contributed by atoms with Crippen LogP contribution >= 0.6 is 11.6 Å². The highest BCUT2D eigenvalue weighted by molar-refractivity contribution is 7.89. The Kier molecular flexibility index (Phi) is 4.78. The molecular weight excluding hydrogens is 402 g/mol. The largest absolute Gasteiger partial charge is 0.495 e. The number of aromatic nitrogens is 2. The molecular formula is C19H18ClN3O4S. The van der Waals surface area contributed by atoms with Crippen LogP contribution in [0.15, 0.2) is 58.2 Å². The predicted molar refractivity (Wildman–Crippen MR) is 108 cm³/mol. The number of benzene rings is 2. The molecule has 1 N–H and O–H groups in total. The van der Waals surface area contributed by atoms with Gasteiger partial charge in [0.2, 0.25) is 10.0 Å². The summed E-state index contributed by atoms with van der Waals surface area (Å²) in [6.45, 7) is 0.398. The fourth-order valence-electron chi connectivity index (χ4n) is 3.39. The number of hydrogen-bond donors (Lipinski definition) is 1. The van der Waals surface area contributed by atoms with Gasteiger partial charge in [-0.05, 0) is 36.4 Å². The molecule has 7 nitrogen and oxygen atoms in total. The molecule has 0 atom stereocenters. The van der Waals surface area contributed by atoms with E-state index in [0.717, 1.165) is 16.7 Å². The molecule has 2 aromatic carbocycles. The fourth-order valence-corrected chi connectivity index (χ4v) is 5.19. The van der Waals surface area contributed by atoms with Gasteiger partial charge in [0.15, 0.2) is 0 Å². The van der Waals surface area contributed by atoms with E-state index in [9.17, 15) is 13.2 Å². The van der Waals surface area contributed by atoms with Crippen molar-refractivity contribution in [3.63, 3.8) is 0 Å². The summed E-state index contributed by atoms with van der Waals surface area (Å²) in [5.74, 6) is 0.243. The van der Waals surface area contributed by atoms with Crippen molar-refractivity contribution in [2.75, 3.05) is 20.2 Å². The van der Waals surface area contributed by atoms with Crippen LogP contribution in [0.5, 0.6) is 5.75 Å². The molecule has 1 aromatic heterocycles. The number of para-hydroxylation sites is 2. The Morgan fingerprint density at radius 2 is 1.96 bits per heavy atom. The molecule has 0 fully saturated rings. The van der Waals surface area contributed by atoms with Crippen LogP contribution in [0.2, 0.25) is 5.02 Å². The van der Waals surface area contributed by atoms with Gasteiger partial charge in [-0.15, -0.1) is 0 Å². The van der Waals surface area contributed by atoms with Crippen LogP contribution in [-0.4, -0.2) is 42.5 Å². The molecule has 0 unspecified atom stereocenters. The zero-order chi connectivity index (χ0) is 19.9. The van der Waals surface area contributed by atoms with E-state index in [4.69, 9.17) is 16.3 Å². The average molecular weight is 420 g/mol. The normalized spacial score (nSPS) is 15.6. The SMILES string of the molecule is COc1ccc(Cl)cc1S(=O)(=O)N1CC=C(n2c(=O)[nH]c3ccccc32)CC1. The van der Waals surface area contributed by atoms with Gasteiger partial charge in [0.05, 0.1) is 18.1 Å². The quantitative estimate of drug-likeness (QED) is 0.704. The second-order valence-electron chi connectivity index (χ2n) is 6.39. The molecule has 1 aliphatic rings. The van der Waals surface area contributed by atoms with Crippen LogP contribution in [0.3, 0.4) is 0 Å². The van der Waals surface area contributed by atoms with Crippen LogP contribution in [-0.2, 0) is 10.0 Å². The predicted octanol–water partition coefficient (Wildman–Crippen LogP) is 2.93. The molecule has 0 radical (unpaired) electrons. The molecule has 1 aliphatic heterocycles. The number of ether oxygens (including phenoxy) is 1. The molecule has 2 heterocycles. The average Bonchev–Trinajstić information content (AvgIpc) is 3.03. The third kappa shape index (κ3) is 3.13. The van der Waals surface area contributed by atoms with E-state index in [1.54, 1.807) is 16.7 Å². The van der Waals surface area contributed by atoms with E-state index in [2.05, 4.69) is 4.98 Å². The first-order valence-corrected chi connectivity index (χ1v) is 10.5. The fraction of sp³-hybridized carbons (Fsp3) is 0.211. The third-order valence-electron chi connectivity index (χ3n) is 4.77. The lowest BCUT2D eigenvalue weighted by atomic mass is 10.2. The monoisotopic (exact) mass is 419 g/mol. The lowest BCUT2D eigenvalue weighted by Gasteiger charge is -2.26. The molecule has 0 aliphatic carbocycles. The van der Waals surface area contributed by atoms with Crippen molar-refractivity contribution in [1.29, 1.82) is 0 Å². The van der Waals surface area contributed by atoms with Gasteiger partial charge in [-0.2, -0.15) is 4.31 Å². The number of nitrogens with one attached hydrogen (secondary N) is 1. The van der Waals surface area contributed by atoms with E-state index in [0.29, 0.717) is 11.4 Å². The summed E-state index contributed by atoms with van der Waals surface area (Å²) in [6, 6.07) is 11.9. The molecule has 0 spiro atoms. The van der Waals surface area contributed by atoms with Crippen molar-refractivity contribution in [2.24, 2.45) is 0 Å². The van der Waals surface area contributed by atoms with Crippen molar-refractivity contribution in [2.45, 2.75) is 11.3 Å². The summed E-state index contributed by atoms with van der Waals surface area (Å²) in [7, 11) is -2.37. The van der Waals surface area contributed by atoms with Gasteiger partial charge in [-0.25, -0.2) is 13.2 Å². The molecule has 4 rings (SSSR count). The minimum Gasteiger partial charge on any atom is -0.495 e. The Hall–Kier alpha value is -2.55. The highest BCUT2D eigenvalue weighted by Crippen LogP contribution is 2.31. The van der Waals surface area contributed by atoms with Crippen LogP contribution < -0.4 is 10.4 Å². The Balaban J connectivity index is 1.68. The maximum Gasteiger partial charge on any atom is 0.330 e. The number of methoxy groups -OCH3 is 1. The first-order chi connectivity index (χ1) is 13.4. The highest BCUT2D eigenvalue weighted by Gasteiger charge is 2.30. The summed E-state index contributed by atoms with van der Waals surface area (Å²) in [6.07, 6.45) is 2.17. The number of hydrogen-bond acceptors (Lipinski definition) is 4. The van der Waals surface area contributed by atoms with Gasteiger partial charge < -0.3 is 9.72 Å². The van der Waals surface area contributed by atoms with Gasteiger partial charge in [0, 0.05) is 30.2 Å². The summed E-state index contributed by atoms with van der Waals surface area (Å²) >= 11 is 5.99. The number of halogens is 1. The van der Waals surface area contributed by atoms with Crippen molar-refractivity contribution in [3.8, 4) is 5.75 Å². The summed E-state index contributed by atoms with van der Waals surface area (Å²) < 4.78 is 34.3. The van der Waals surface area contributed by atoms with Gasteiger partial charge in [-0.1, -0.05) is 23.7 Å². The van der Waals surface area contributed by atoms with Crippen LogP contribution in [0, 0.1) is 0 Å². The molecule has 9 heteroatoms. The number of aromatic amines is 1. The maximum absolute atomic E-state index is 13.1. The number of sulfonamides is 1. The van der Waals surface area contributed by atoms with Crippen molar-refractivity contribution >= 4 is 38.4 Å². The zero-order valence-electron chi connectivity index (χ0n) is 15.1. The number of nitrogens with zero attached hydrogens (tertiary/aromatic N) is 2. The van der Waals surface area contributed by atoms with Crippen LogP contribution in [0.1, 0.15) is 6.42 Å². The molecule has 0 bridgehead atoms. The Labute approximate surface area is 166 Å². The Morgan fingerprint density at radius 3 is 2.68 bits per heavy atom. The van der Waals surface area contributed by atoms with Gasteiger partial charge in [-0.3, -0.25) is 4.57 Å². The second-order valence-corrected chi connectivity index (χ2v) is 8.73. The van der Waals surface area contributed by atoms with Crippen molar-refractivity contribution in [3.05, 3.63) is 64.0 Å². The van der Waals surface area contributed by atoms with E-state index >= 15 is 0 Å². The third-order valence-corrected chi connectivity index (χ3v) is 6.89. The summed E-state index contributed by atoms with van der Waals surface area (Å²) in [4.78, 5) is 15.2. The minimum absolute atomic E-state index is 0.0311. The molecule has 3 aromatic rings. The molecule has 28 heavy (non-hydrogen) atoms. The standard InChI is InChI=1S/C19H18ClN3O4S/c1-27-17-7-6-13(20)12-18(17)28(25,26)22-10-8-14(9-11-22)23-16-5-3-2-4-15(16)21-19(23)24/h2-8,12H,9-11H2,1H3,(H,21,24). The van der Waals surface area contributed by atoms with Crippen molar-refractivity contribution < 1.29 is 13.2 Å². The smallest absolute Gasteiger partial charge is 0.330 e. The number of H-pyrrole nitrogens is 1. The lowest BCUT2D eigenvalue weighted by molar-refractivity contribution is 0.394. The molecule has 0 amide bonds. The van der Waals surface area contributed by atoms with E-state index in [-0.39, 0.29) is 29.4 Å². The minimum atomic E-state index is -3.79. The number of rotatable bonds is 4. The van der Waals surface area contributed by atoms with Gasteiger partial charge in [0.1, 0.15) is 10.6 Å². The maximum atomic E-state index is 13.1. The second kappa shape index (κ2) is 7.12. The first-order valence-electron chi connectivity index (χ1n) is 8.64. The highest BCUT2D eigenvalue weighted by atomic mass is 35.5. The first kappa shape index (κ1) is 18.8. The molecule has 0 saturated heterocycles. The Morgan fingerprint density at radius 1 is 1.18 bits per heavy atom. The van der Waals surface area contributed by atoms with Crippen LogP contribution in [0.4, 0.5) is 0 Å². The summed E-state index contributed by atoms with van der Waals surface area (Å²) in [5, 5.41) is 0.318. The lowest BCUT2D eigenvalue weighted by Crippen LogP contribution is -2.36. The summed E-state index contributed by atoms with van der Waals surface area (Å²) in [5.41, 5.74) is 2.05. The molecule has 0 saturated carbocycles. The zero-order valence-corrected chi connectivity index (χ0v) is 16.6. The number of fused-ring (bicyclic) bond motifs is 1. The van der Waals surface area contributed by atoms with E-state index in [1.807, 2.05) is 24.3 Å². The van der Waals surface area contributed by atoms with E-state index < -0.39 is 10.0 Å². The topological polar surface area (TPSA) is 84.4 Å². The van der Waals surface area contributed by atoms with Crippen LogP contribution in [0.25, 0.3) is 16.7 Å². The van der Waals surface area contributed by atoms with E-state index in [1.165, 1.54) is 23.5 Å². The number of imidazole rings is 1. The van der Waals surface area contributed by atoms with Crippen molar-refractivity contribution in [1.82, 2.24) is 13.9 Å². The molecule has 146 valence electrons.